The van der Waals surface area contributed by atoms with Crippen LogP contribution in [0.5, 0.6) is 0 Å². The minimum atomic E-state index is -4.41. The number of hydrogen-bond acceptors (Lipinski definition) is 8. The number of nitrogens with two attached hydrogens (primary N) is 1. The van der Waals surface area contributed by atoms with Crippen LogP contribution in [-0.2, 0) is 23.9 Å². The molecule has 0 unspecified atom stereocenters. The normalized spacial score (nSPS) is 15.2. The highest BCUT2D eigenvalue weighted by molar-refractivity contribution is 7.87. The molecule has 0 aliphatic carbocycles. The molecule has 0 bridgehead atoms. The summed E-state index contributed by atoms with van der Waals surface area (Å²) >= 11 is 0. The zero-order valence-electron chi connectivity index (χ0n) is 8.82. The second-order valence-corrected chi connectivity index (χ2v) is 4.53. The van der Waals surface area contributed by atoms with E-state index in [9.17, 15) is 13.2 Å². The molecule has 0 aromatic carbocycles. The van der Waals surface area contributed by atoms with E-state index >= 15 is 0 Å². The van der Waals surface area contributed by atoms with E-state index in [-0.39, 0.29) is 24.7 Å². The van der Waals surface area contributed by atoms with Crippen molar-refractivity contribution in [3.05, 3.63) is 11.8 Å². The zero-order valence-corrected chi connectivity index (χ0v) is 9.64. The predicted octanol–water partition coefficient (Wildman–Crippen LogP) is -1.10. The first-order valence-corrected chi connectivity index (χ1v) is 6.02. The Kier molecular flexibility index (Phi) is 3.06. The van der Waals surface area contributed by atoms with E-state index < -0.39 is 21.2 Å². The first kappa shape index (κ1) is 12.2. The van der Waals surface area contributed by atoms with Crippen molar-refractivity contribution >= 4 is 22.1 Å². The van der Waals surface area contributed by atoms with Crippen LogP contribution in [0.15, 0.2) is 16.4 Å². The zero-order chi connectivity index (χ0) is 13.2. The highest BCUT2D eigenvalue weighted by Gasteiger charge is 2.29. The summed E-state index contributed by atoms with van der Waals surface area (Å²) in [6, 6.07) is 0. The first-order chi connectivity index (χ1) is 8.50. The molecule has 0 saturated carbocycles. The van der Waals surface area contributed by atoms with Gasteiger partial charge in [-0.3, -0.25) is 5.10 Å². The third-order valence-electron chi connectivity index (χ3n) is 1.84. The average Bonchev–Trinajstić information content (AvgIpc) is 2.78. The number of nitrogens with zero attached hydrogens (tertiary/aromatic N) is 2. The van der Waals surface area contributed by atoms with Gasteiger partial charge in [-0.2, -0.15) is 13.5 Å². The van der Waals surface area contributed by atoms with Crippen LogP contribution in [0.3, 0.4) is 0 Å². The minimum absolute atomic E-state index is 0.0176. The fraction of sp³-hybridized carbons (Fsp3) is 0.286. The number of aromatic nitrogens is 2. The third kappa shape index (κ3) is 2.34. The van der Waals surface area contributed by atoms with Gasteiger partial charge < -0.3 is 19.5 Å². The summed E-state index contributed by atoms with van der Waals surface area (Å²) in [5.74, 6) is -0.0818. The summed E-state index contributed by atoms with van der Waals surface area (Å²) < 4.78 is 32.3. The summed E-state index contributed by atoms with van der Waals surface area (Å²) in [4.78, 5) is 15.2. The van der Waals surface area contributed by atoms with E-state index in [1.54, 1.807) is 0 Å². The van der Waals surface area contributed by atoms with Gasteiger partial charge in [-0.05, 0) is 5.16 Å². The lowest BCUT2D eigenvalue weighted by Crippen LogP contribution is -2.22. The molecule has 2 rings (SSSR count). The average molecular weight is 276 g/mol. The van der Waals surface area contributed by atoms with Gasteiger partial charge in [0.25, 0.3) is 5.90 Å². The molecule has 3 N–H and O–H groups in total. The molecule has 1 aromatic heterocycles. The Balaban J connectivity index is 2.39. The van der Waals surface area contributed by atoms with Crippen molar-refractivity contribution in [3.8, 4) is 0 Å². The molecule has 0 fully saturated rings. The van der Waals surface area contributed by atoms with Gasteiger partial charge in [0.1, 0.15) is 12.2 Å². The number of carbonyl (C=O) groups is 1. The van der Waals surface area contributed by atoms with Crippen LogP contribution in [0.1, 0.15) is 5.56 Å². The number of nitrogens with one attached hydrogen (secondary N) is 1. The van der Waals surface area contributed by atoms with Crippen LogP contribution in [-0.4, -0.2) is 43.8 Å². The monoisotopic (exact) mass is 276 g/mol. The van der Waals surface area contributed by atoms with Crippen molar-refractivity contribution in [1.82, 2.24) is 10.2 Å². The Morgan fingerprint density at radius 3 is 2.89 bits per heavy atom. The molecule has 0 saturated heterocycles. The van der Waals surface area contributed by atoms with Crippen LogP contribution in [0.4, 0.5) is 4.79 Å². The third-order valence-corrected chi connectivity index (χ3v) is 3.03. The molecule has 0 spiro atoms. The maximum Gasteiger partial charge on any atom is 0.420 e. The molecule has 11 heteroatoms. The second-order valence-electron chi connectivity index (χ2n) is 3.05. The van der Waals surface area contributed by atoms with Gasteiger partial charge in [0, 0.05) is 0 Å². The molecule has 1 aromatic rings. The van der Waals surface area contributed by atoms with E-state index in [1.165, 1.54) is 0 Å². The summed E-state index contributed by atoms with van der Waals surface area (Å²) in [5.41, 5.74) is 4.63. The van der Waals surface area contributed by atoms with E-state index in [1.807, 2.05) is 0 Å². The Bertz CT molecular complexity index is 591. The molecule has 1 amide bonds. The van der Waals surface area contributed by atoms with E-state index in [4.69, 9.17) is 9.57 Å². The summed E-state index contributed by atoms with van der Waals surface area (Å²) in [5, 5.41) is 8.71. The van der Waals surface area contributed by atoms with E-state index in [2.05, 4.69) is 25.3 Å². The smallest absolute Gasteiger partial charge is 0.420 e. The summed E-state index contributed by atoms with van der Waals surface area (Å²) in [6.07, 6.45) is -0.316. The van der Waals surface area contributed by atoms with Gasteiger partial charge in [-0.15, -0.1) is 0 Å². The van der Waals surface area contributed by atoms with Crippen molar-refractivity contribution in [2.24, 2.45) is 10.9 Å². The number of rotatable bonds is 3. The molecule has 0 atom stereocenters. The summed E-state index contributed by atoms with van der Waals surface area (Å²) in [6.45, 7) is 0.460. The lowest BCUT2D eigenvalue weighted by atomic mass is 10.3. The van der Waals surface area contributed by atoms with Crippen LogP contribution in [0, 0.1) is 0 Å². The maximum atomic E-state index is 11.6. The topological polar surface area (TPSA) is 146 Å². The maximum absolute atomic E-state index is 11.6. The number of hydrogen-bond donors (Lipinski definition) is 2. The number of aromatic amines is 1. The van der Waals surface area contributed by atoms with Crippen molar-refractivity contribution < 1.29 is 27.0 Å². The standard InChI is InChI=1S/C7H8N4O6S/c8-7(12)17-18(13,14)6-4(3-9-10-6)5-11-16-2-1-15-5/h3H,1-2H2,(H2,8,12)(H,9,10). The Morgan fingerprint density at radius 1 is 1.50 bits per heavy atom. The Labute approximate surface area is 101 Å². The molecule has 1 aliphatic rings. The number of carbonyl (C=O) groups excluding carboxylic acids is 1. The molecule has 2 heterocycles. The fourth-order valence-corrected chi connectivity index (χ4v) is 2.07. The molecule has 0 radical (unpaired) electrons. The minimum Gasteiger partial charge on any atom is -0.471 e. The lowest BCUT2D eigenvalue weighted by Gasteiger charge is -2.12. The first-order valence-electron chi connectivity index (χ1n) is 4.61. The van der Waals surface area contributed by atoms with E-state index in [0.717, 1.165) is 6.20 Å². The number of ether oxygens (including phenoxy) is 1. The van der Waals surface area contributed by atoms with Gasteiger partial charge in [0.15, 0.2) is 6.61 Å². The largest absolute Gasteiger partial charge is 0.471 e. The van der Waals surface area contributed by atoms with E-state index in [0.29, 0.717) is 0 Å². The predicted molar refractivity (Wildman–Crippen MR) is 54.9 cm³/mol. The van der Waals surface area contributed by atoms with Crippen LogP contribution in [0.2, 0.25) is 0 Å². The molecule has 18 heavy (non-hydrogen) atoms. The van der Waals surface area contributed by atoms with Gasteiger partial charge in [-0.25, -0.2) is 4.79 Å². The van der Waals surface area contributed by atoms with Crippen LogP contribution in [0.25, 0.3) is 0 Å². The molecular weight excluding hydrogens is 268 g/mol. The SMILES string of the molecule is NC(=O)OS(=O)(=O)c1[nH]ncc1C1=NOCCO1. The molecule has 1 aliphatic heterocycles. The fourth-order valence-electron chi connectivity index (χ4n) is 1.20. The number of oxime groups is 1. The van der Waals surface area contributed by atoms with Crippen molar-refractivity contribution in [2.45, 2.75) is 5.03 Å². The lowest BCUT2D eigenvalue weighted by molar-refractivity contribution is 0.0653. The highest BCUT2D eigenvalue weighted by atomic mass is 32.2. The van der Waals surface area contributed by atoms with Crippen LogP contribution < -0.4 is 5.73 Å². The summed E-state index contributed by atoms with van der Waals surface area (Å²) in [7, 11) is -4.41. The number of amides is 1. The molecular formula is C7H8N4O6S. The van der Waals surface area contributed by atoms with Gasteiger partial charge in [-0.1, -0.05) is 0 Å². The number of H-pyrrole nitrogens is 1. The second kappa shape index (κ2) is 4.52. The molecule has 98 valence electrons. The highest BCUT2D eigenvalue weighted by Crippen LogP contribution is 2.17. The van der Waals surface area contributed by atoms with Crippen LogP contribution >= 0.6 is 0 Å². The number of primary amides is 1. The van der Waals surface area contributed by atoms with Crippen molar-refractivity contribution in [3.63, 3.8) is 0 Å². The van der Waals surface area contributed by atoms with Gasteiger partial charge >= 0.3 is 16.2 Å². The van der Waals surface area contributed by atoms with Crippen molar-refractivity contribution in [1.29, 1.82) is 0 Å². The van der Waals surface area contributed by atoms with Crippen molar-refractivity contribution in [2.75, 3.05) is 13.2 Å². The molecule has 10 nitrogen and oxygen atoms in total. The Hall–Kier alpha value is -2.30. The quantitative estimate of drug-likeness (QED) is 0.666. The van der Waals surface area contributed by atoms with Gasteiger partial charge in [0.05, 0.1) is 6.20 Å². The Morgan fingerprint density at radius 2 is 2.28 bits per heavy atom. The van der Waals surface area contributed by atoms with Gasteiger partial charge in [0.2, 0.25) is 5.03 Å².